The molecule has 4 aliphatic rings. The van der Waals surface area contributed by atoms with Crippen LogP contribution in [-0.4, -0.2) is 28.1 Å². The van der Waals surface area contributed by atoms with Gasteiger partial charge in [0.2, 0.25) is 0 Å². The number of phenols is 1. The Morgan fingerprint density at radius 3 is 1.74 bits per heavy atom. The third-order valence-electron chi connectivity index (χ3n) is 7.68. The second-order valence-corrected chi connectivity index (χ2v) is 9.22. The molecule has 0 radical (unpaired) electrons. The minimum absolute atomic E-state index is 0.0545. The Labute approximate surface area is 196 Å². The Morgan fingerprint density at radius 1 is 0.676 bits per heavy atom. The molecule has 164 valence electrons. The quantitative estimate of drug-likeness (QED) is 0.358. The molecule has 0 unspecified atom stereocenters. The van der Waals surface area contributed by atoms with Crippen LogP contribution in [0.1, 0.15) is 39.7 Å². The van der Waals surface area contributed by atoms with Crippen molar-refractivity contribution in [3.8, 4) is 5.75 Å². The maximum atomic E-state index is 13.7. The predicted molar refractivity (Wildman–Crippen MR) is 129 cm³/mol. The van der Waals surface area contributed by atoms with Gasteiger partial charge >= 0.3 is 0 Å². The number of amides is 2. The SMILES string of the molecule is O=C1[C@@H]2C3c4ccccc4C(c4ccccc43)[C@@H]2C(=O)N1/N=C\c1c(O)ccc2ccccc12. The van der Waals surface area contributed by atoms with Crippen LogP contribution in [0.4, 0.5) is 0 Å². The molecule has 1 N–H and O–H groups in total. The third-order valence-corrected chi connectivity index (χ3v) is 7.68. The molecule has 1 fully saturated rings. The molecule has 0 aromatic heterocycles. The summed E-state index contributed by atoms with van der Waals surface area (Å²) < 4.78 is 0. The Bertz CT molecular complexity index is 1440. The minimum atomic E-state index is -0.472. The molecule has 34 heavy (non-hydrogen) atoms. The molecule has 4 aromatic rings. The molecule has 2 amide bonds. The Morgan fingerprint density at radius 2 is 1.18 bits per heavy atom. The van der Waals surface area contributed by atoms with Crippen molar-refractivity contribution in [3.63, 3.8) is 0 Å². The number of rotatable bonds is 2. The zero-order valence-corrected chi connectivity index (χ0v) is 18.1. The number of benzene rings is 4. The van der Waals surface area contributed by atoms with Crippen molar-refractivity contribution in [3.05, 3.63) is 113 Å². The zero-order chi connectivity index (χ0) is 23.0. The highest BCUT2D eigenvalue weighted by molar-refractivity contribution is 6.09. The first kappa shape index (κ1) is 19.2. The molecule has 1 aliphatic heterocycles. The number of carbonyl (C=O) groups is 2. The van der Waals surface area contributed by atoms with E-state index in [9.17, 15) is 14.7 Å². The van der Waals surface area contributed by atoms with Gasteiger partial charge in [-0.3, -0.25) is 9.59 Å². The van der Waals surface area contributed by atoms with Crippen LogP contribution in [0, 0.1) is 11.8 Å². The van der Waals surface area contributed by atoms with Crippen molar-refractivity contribution in [1.82, 2.24) is 5.01 Å². The summed E-state index contributed by atoms with van der Waals surface area (Å²) in [6, 6.07) is 27.4. The first-order valence-electron chi connectivity index (χ1n) is 11.5. The molecule has 8 rings (SSSR count). The number of carbonyl (C=O) groups excluding carboxylic acids is 2. The smallest absolute Gasteiger partial charge is 0.254 e. The third kappa shape index (κ3) is 2.41. The highest BCUT2D eigenvalue weighted by atomic mass is 16.3. The van der Waals surface area contributed by atoms with Crippen LogP contribution in [0.5, 0.6) is 5.75 Å². The van der Waals surface area contributed by atoms with E-state index < -0.39 is 11.8 Å². The lowest BCUT2D eigenvalue weighted by Gasteiger charge is -2.45. The second kappa shape index (κ2) is 6.87. The lowest BCUT2D eigenvalue weighted by atomic mass is 9.55. The molecule has 2 atom stereocenters. The first-order valence-corrected chi connectivity index (χ1v) is 11.5. The summed E-state index contributed by atoms with van der Waals surface area (Å²) in [6.45, 7) is 0. The Hall–Kier alpha value is -4.25. The molecule has 0 spiro atoms. The summed E-state index contributed by atoms with van der Waals surface area (Å²) in [5, 5.41) is 17.6. The number of fused-ring (bicyclic) bond motifs is 1. The van der Waals surface area contributed by atoms with Gasteiger partial charge in [0, 0.05) is 17.4 Å². The van der Waals surface area contributed by atoms with Crippen LogP contribution < -0.4 is 0 Å². The Balaban J connectivity index is 1.34. The van der Waals surface area contributed by atoms with Gasteiger partial charge < -0.3 is 5.11 Å². The topological polar surface area (TPSA) is 70.0 Å². The minimum Gasteiger partial charge on any atom is -0.507 e. The second-order valence-electron chi connectivity index (χ2n) is 9.22. The molecular formula is C29H20N2O3. The lowest BCUT2D eigenvalue weighted by molar-refractivity contribution is -0.139. The van der Waals surface area contributed by atoms with Crippen molar-refractivity contribution >= 4 is 28.8 Å². The lowest BCUT2D eigenvalue weighted by Crippen LogP contribution is -2.41. The highest BCUT2D eigenvalue weighted by Crippen LogP contribution is 2.60. The predicted octanol–water partition coefficient (Wildman–Crippen LogP) is 4.77. The summed E-state index contributed by atoms with van der Waals surface area (Å²) >= 11 is 0. The summed E-state index contributed by atoms with van der Waals surface area (Å²) in [4.78, 5) is 27.3. The van der Waals surface area contributed by atoms with E-state index in [1.165, 1.54) is 6.21 Å². The van der Waals surface area contributed by atoms with Crippen LogP contribution in [0.25, 0.3) is 10.8 Å². The summed E-state index contributed by atoms with van der Waals surface area (Å²) in [6.07, 6.45) is 1.44. The number of phenolic OH excluding ortho intramolecular Hbond substituents is 1. The van der Waals surface area contributed by atoms with Crippen molar-refractivity contribution in [2.75, 3.05) is 0 Å². The standard InChI is InChI=1S/C29H20N2O3/c32-23-14-13-16-7-1-2-8-17(16)22(23)15-30-31-28(33)26-24-18-9-3-4-10-19(18)25(27(26)29(31)34)21-12-6-5-11-20(21)24/h1-15,24-27,32H/b30-15-/t24?,25?,26-,27+. The van der Waals surface area contributed by atoms with E-state index in [-0.39, 0.29) is 29.4 Å². The van der Waals surface area contributed by atoms with Crippen molar-refractivity contribution in [2.45, 2.75) is 11.8 Å². The van der Waals surface area contributed by atoms with E-state index in [0.29, 0.717) is 5.56 Å². The molecule has 5 heteroatoms. The van der Waals surface area contributed by atoms with Crippen molar-refractivity contribution in [1.29, 1.82) is 0 Å². The first-order chi connectivity index (χ1) is 16.6. The van der Waals surface area contributed by atoms with Gasteiger partial charge in [-0.1, -0.05) is 78.9 Å². The molecular weight excluding hydrogens is 424 g/mol. The van der Waals surface area contributed by atoms with Crippen LogP contribution in [-0.2, 0) is 9.59 Å². The van der Waals surface area contributed by atoms with Gasteiger partial charge in [0.1, 0.15) is 5.75 Å². The normalized spacial score (nSPS) is 24.5. The summed E-state index contributed by atoms with van der Waals surface area (Å²) in [5.41, 5.74) is 5.01. The maximum Gasteiger partial charge on any atom is 0.254 e. The van der Waals surface area contributed by atoms with E-state index in [0.717, 1.165) is 38.0 Å². The van der Waals surface area contributed by atoms with Gasteiger partial charge in [0.25, 0.3) is 11.8 Å². The summed E-state index contributed by atoms with van der Waals surface area (Å²) in [5.74, 6) is -1.76. The number of hydrogen-bond acceptors (Lipinski definition) is 4. The largest absolute Gasteiger partial charge is 0.507 e. The van der Waals surface area contributed by atoms with Crippen molar-refractivity contribution < 1.29 is 14.7 Å². The van der Waals surface area contributed by atoms with E-state index in [2.05, 4.69) is 29.4 Å². The van der Waals surface area contributed by atoms with Gasteiger partial charge in [-0.05, 0) is 39.1 Å². The van der Waals surface area contributed by atoms with Gasteiger partial charge in [-0.25, -0.2) is 0 Å². The molecule has 1 heterocycles. The molecule has 4 aromatic carbocycles. The number of hydrazone groups is 1. The fourth-order valence-electron chi connectivity index (χ4n) is 6.31. The van der Waals surface area contributed by atoms with Crippen LogP contribution >= 0.6 is 0 Å². The van der Waals surface area contributed by atoms with Crippen LogP contribution in [0.3, 0.4) is 0 Å². The molecule has 5 nitrogen and oxygen atoms in total. The summed E-state index contributed by atoms with van der Waals surface area (Å²) in [7, 11) is 0. The highest BCUT2D eigenvalue weighted by Gasteiger charge is 2.61. The van der Waals surface area contributed by atoms with E-state index in [1.54, 1.807) is 6.07 Å². The molecule has 2 bridgehead atoms. The molecule has 0 saturated carbocycles. The number of hydrogen-bond donors (Lipinski definition) is 1. The number of aromatic hydroxyl groups is 1. The van der Waals surface area contributed by atoms with Crippen LogP contribution in [0.15, 0.2) is 90.0 Å². The number of nitrogens with zero attached hydrogens (tertiary/aromatic N) is 2. The van der Waals surface area contributed by atoms with E-state index in [4.69, 9.17) is 0 Å². The molecule has 1 saturated heterocycles. The number of imide groups is 1. The molecule has 3 aliphatic carbocycles. The van der Waals surface area contributed by atoms with Gasteiger partial charge in [-0.15, -0.1) is 0 Å². The van der Waals surface area contributed by atoms with E-state index in [1.807, 2.05) is 54.6 Å². The van der Waals surface area contributed by atoms with Gasteiger partial charge in [0.15, 0.2) is 0 Å². The zero-order valence-electron chi connectivity index (χ0n) is 18.1. The maximum absolute atomic E-state index is 13.7. The average molecular weight is 444 g/mol. The van der Waals surface area contributed by atoms with Crippen molar-refractivity contribution in [2.24, 2.45) is 16.9 Å². The average Bonchev–Trinajstić information content (AvgIpc) is 3.13. The Kier molecular flexibility index (Phi) is 3.89. The van der Waals surface area contributed by atoms with E-state index >= 15 is 0 Å². The van der Waals surface area contributed by atoms with Gasteiger partial charge in [-0.2, -0.15) is 10.1 Å². The fraction of sp³-hybridized carbons (Fsp3) is 0.138. The monoisotopic (exact) mass is 444 g/mol. The fourth-order valence-corrected chi connectivity index (χ4v) is 6.31. The van der Waals surface area contributed by atoms with Gasteiger partial charge in [0.05, 0.1) is 18.1 Å². The van der Waals surface area contributed by atoms with Crippen LogP contribution in [0.2, 0.25) is 0 Å².